The Balaban J connectivity index is 1.86. The topological polar surface area (TPSA) is 15.3 Å². The minimum Gasteiger partial charge on any atom is -0.314 e. The summed E-state index contributed by atoms with van der Waals surface area (Å²) in [6.45, 7) is 4.33. The number of hydrogen-bond donors (Lipinski definition) is 1. The second-order valence-corrected chi connectivity index (χ2v) is 6.41. The number of nitrogens with one attached hydrogen (secondary N) is 1. The normalized spacial score (nSPS) is 22.4. The largest absolute Gasteiger partial charge is 0.314 e. The second kappa shape index (κ2) is 6.01. The van der Waals surface area contributed by atoms with Crippen molar-refractivity contribution in [2.45, 2.75) is 25.3 Å². The van der Waals surface area contributed by atoms with Gasteiger partial charge in [-0.15, -0.1) is 0 Å². The molecule has 1 aliphatic carbocycles. The van der Waals surface area contributed by atoms with Gasteiger partial charge in [-0.2, -0.15) is 0 Å². The summed E-state index contributed by atoms with van der Waals surface area (Å²) in [4.78, 5) is 2.56. The average molecular weight is 299 g/mol. The van der Waals surface area contributed by atoms with Gasteiger partial charge in [-0.05, 0) is 24.0 Å². The SMILES string of the molecule is Clc1cccc([C@@H](CC2CC2)N2CCNCC2)c1Cl. The summed E-state index contributed by atoms with van der Waals surface area (Å²) in [5.41, 5.74) is 1.21. The van der Waals surface area contributed by atoms with Gasteiger partial charge in [0.05, 0.1) is 10.0 Å². The van der Waals surface area contributed by atoms with Crippen molar-refractivity contribution < 1.29 is 0 Å². The van der Waals surface area contributed by atoms with E-state index in [1.807, 2.05) is 12.1 Å². The predicted molar refractivity (Wildman–Crippen MR) is 81.0 cm³/mol. The highest BCUT2D eigenvalue weighted by atomic mass is 35.5. The molecule has 1 N–H and O–H groups in total. The molecule has 0 unspecified atom stereocenters. The number of hydrogen-bond acceptors (Lipinski definition) is 2. The molecule has 2 aliphatic rings. The highest BCUT2D eigenvalue weighted by Gasteiger charge is 2.31. The van der Waals surface area contributed by atoms with Crippen molar-refractivity contribution in [3.8, 4) is 0 Å². The lowest BCUT2D eigenvalue weighted by Crippen LogP contribution is -2.45. The lowest BCUT2D eigenvalue weighted by molar-refractivity contribution is 0.160. The van der Waals surface area contributed by atoms with Crippen LogP contribution in [-0.4, -0.2) is 31.1 Å². The number of halogens is 2. The van der Waals surface area contributed by atoms with Crippen LogP contribution in [0.2, 0.25) is 10.0 Å². The van der Waals surface area contributed by atoms with E-state index in [1.54, 1.807) is 0 Å². The lowest BCUT2D eigenvalue weighted by atomic mass is 9.98. The van der Waals surface area contributed by atoms with Crippen molar-refractivity contribution in [3.05, 3.63) is 33.8 Å². The third-order valence-corrected chi connectivity index (χ3v) is 5.02. The minimum atomic E-state index is 0.431. The zero-order chi connectivity index (χ0) is 13.2. The maximum absolute atomic E-state index is 6.44. The van der Waals surface area contributed by atoms with Crippen molar-refractivity contribution in [3.63, 3.8) is 0 Å². The van der Waals surface area contributed by atoms with Crippen LogP contribution in [0.5, 0.6) is 0 Å². The van der Waals surface area contributed by atoms with Crippen molar-refractivity contribution in [1.82, 2.24) is 10.2 Å². The van der Waals surface area contributed by atoms with E-state index in [2.05, 4.69) is 16.3 Å². The van der Waals surface area contributed by atoms with Crippen LogP contribution >= 0.6 is 23.2 Å². The summed E-state index contributed by atoms with van der Waals surface area (Å²) in [7, 11) is 0. The maximum Gasteiger partial charge on any atom is 0.0640 e. The molecule has 1 heterocycles. The fourth-order valence-electron chi connectivity index (χ4n) is 2.91. The van der Waals surface area contributed by atoms with Crippen LogP contribution in [0.25, 0.3) is 0 Å². The van der Waals surface area contributed by atoms with E-state index in [4.69, 9.17) is 23.2 Å². The standard InChI is InChI=1S/C15H20Cl2N2/c16-13-3-1-2-12(15(13)17)14(10-11-4-5-11)19-8-6-18-7-9-19/h1-3,11,14,18H,4-10H2/t14-/m1/s1. The monoisotopic (exact) mass is 298 g/mol. The van der Waals surface area contributed by atoms with Gasteiger partial charge in [0, 0.05) is 32.2 Å². The molecule has 0 spiro atoms. The molecule has 0 radical (unpaired) electrons. The fraction of sp³-hybridized carbons (Fsp3) is 0.600. The van der Waals surface area contributed by atoms with Crippen LogP contribution in [0.3, 0.4) is 0 Å². The molecular weight excluding hydrogens is 279 g/mol. The Morgan fingerprint density at radius 1 is 1.21 bits per heavy atom. The lowest BCUT2D eigenvalue weighted by Gasteiger charge is -2.36. The molecular formula is C15H20Cl2N2. The first-order valence-electron chi connectivity index (χ1n) is 7.14. The fourth-order valence-corrected chi connectivity index (χ4v) is 3.35. The van der Waals surface area contributed by atoms with Crippen molar-refractivity contribution in [1.29, 1.82) is 0 Å². The Labute approximate surface area is 125 Å². The van der Waals surface area contributed by atoms with Crippen LogP contribution in [0.4, 0.5) is 0 Å². The van der Waals surface area contributed by atoms with E-state index in [1.165, 1.54) is 24.8 Å². The summed E-state index contributed by atoms with van der Waals surface area (Å²) in [5, 5.41) is 4.84. The molecule has 0 aromatic heterocycles. The molecule has 3 rings (SSSR count). The van der Waals surface area contributed by atoms with E-state index >= 15 is 0 Å². The Hall–Kier alpha value is -0.280. The van der Waals surface area contributed by atoms with Gasteiger partial charge in [0.15, 0.2) is 0 Å². The molecule has 2 fully saturated rings. The van der Waals surface area contributed by atoms with Gasteiger partial charge in [-0.25, -0.2) is 0 Å². The molecule has 104 valence electrons. The number of benzene rings is 1. The van der Waals surface area contributed by atoms with Gasteiger partial charge in [0.1, 0.15) is 0 Å². The summed E-state index contributed by atoms with van der Waals surface area (Å²) in [6.07, 6.45) is 3.97. The Bertz CT molecular complexity index is 440. The zero-order valence-electron chi connectivity index (χ0n) is 11.0. The number of rotatable bonds is 4. The highest BCUT2D eigenvalue weighted by Crippen LogP contribution is 2.42. The van der Waals surface area contributed by atoms with E-state index < -0.39 is 0 Å². The molecule has 1 atom stereocenters. The third kappa shape index (κ3) is 3.25. The molecule has 1 saturated carbocycles. The van der Waals surface area contributed by atoms with E-state index in [0.29, 0.717) is 11.1 Å². The van der Waals surface area contributed by atoms with Crippen molar-refractivity contribution in [2.24, 2.45) is 5.92 Å². The average Bonchev–Trinajstić information content (AvgIpc) is 3.25. The summed E-state index contributed by atoms with van der Waals surface area (Å²) in [5.74, 6) is 0.884. The Morgan fingerprint density at radius 3 is 2.63 bits per heavy atom. The van der Waals surface area contributed by atoms with Crippen LogP contribution in [-0.2, 0) is 0 Å². The van der Waals surface area contributed by atoms with Crippen molar-refractivity contribution in [2.75, 3.05) is 26.2 Å². The van der Waals surface area contributed by atoms with Crippen LogP contribution in [0.1, 0.15) is 30.9 Å². The molecule has 1 aromatic rings. The van der Waals surface area contributed by atoms with Gasteiger partial charge < -0.3 is 5.32 Å². The van der Waals surface area contributed by atoms with Crippen LogP contribution in [0, 0.1) is 5.92 Å². The van der Waals surface area contributed by atoms with Gasteiger partial charge in [-0.1, -0.05) is 48.2 Å². The molecule has 2 nitrogen and oxygen atoms in total. The molecule has 0 bridgehead atoms. The smallest absolute Gasteiger partial charge is 0.0640 e. The molecule has 19 heavy (non-hydrogen) atoms. The molecule has 1 saturated heterocycles. The first-order valence-corrected chi connectivity index (χ1v) is 7.90. The second-order valence-electron chi connectivity index (χ2n) is 5.62. The van der Waals surface area contributed by atoms with Crippen molar-refractivity contribution >= 4 is 23.2 Å². The zero-order valence-corrected chi connectivity index (χ0v) is 12.6. The summed E-state index contributed by atoms with van der Waals surface area (Å²) in [6, 6.07) is 6.47. The summed E-state index contributed by atoms with van der Waals surface area (Å²) >= 11 is 12.6. The van der Waals surface area contributed by atoms with Gasteiger partial charge in [0.25, 0.3) is 0 Å². The highest BCUT2D eigenvalue weighted by molar-refractivity contribution is 6.42. The first-order chi connectivity index (χ1) is 9.25. The molecule has 0 amide bonds. The first kappa shape index (κ1) is 13.7. The van der Waals surface area contributed by atoms with E-state index in [-0.39, 0.29) is 0 Å². The summed E-state index contributed by atoms with van der Waals surface area (Å²) < 4.78 is 0. The Morgan fingerprint density at radius 2 is 1.95 bits per heavy atom. The number of piperazine rings is 1. The quantitative estimate of drug-likeness (QED) is 0.911. The van der Waals surface area contributed by atoms with E-state index in [0.717, 1.165) is 37.1 Å². The minimum absolute atomic E-state index is 0.431. The third-order valence-electron chi connectivity index (χ3n) is 4.19. The van der Waals surface area contributed by atoms with E-state index in [9.17, 15) is 0 Å². The predicted octanol–water partition coefficient (Wildman–Crippen LogP) is 3.74. The van der Waals surface area contributed by atoms with Crippen LogP contribution in [0.15, 0.2) is 18.2 Å². The van der Waals surface area contributed by atoms with Gasteiger partial charge in [0.2, 0.25) is 0 Å². The number of nitrogens with zero attached hydrogens (tertiary/aromatic N) is 1. The molecule has 1 aromatic carbocycles. The molecule has 1 aliphatic heterocycles. The molecule has 4 heteroatoms. The van der Waals surface area contributed by atoms with Gasteiger partial charge in [-0.3, -0.25) is 4.90 Å². The maximum atomic E-state index is 6.44. The Kier molecular flexibility index (Phi) is 4.33. The van der Waals surface area contributed by atoms with Gasteiger partial charge >= 0.3 is 0 Å². The van der Waals surface area contributed by atoms with Crippen LogP contribution < -0.4 is 5.32 Å².